The van der Waals surface area contributed by atoms with Gasteiger partial charge >= 0.3 is 0 Å². The van der Waals surface area contributed by atoms with Gasteiger partial charge in [0.05, 0.1) is 25.5 Å². The van der Waals surface area contributed by atoms with Gasteiger partial charge in [0.25, 0.3) is 0 Å². The summed E-state index contributed by atoms with van der Waals surface area (Å²) in [6.07, 6.45) is 11.6. The number of hydrogen-bond donors (Lipinski definition) is 8. The predicted octanol–water partition coefficient (Wildman–Crippen LogP) is 0.419. The van der Waals surface area contributed by atoms with E-state index in [0.29, 0.717) is 11.2 Å². The first-order valence-electron chi connectivity index (χ1n) is 14.5. The molecule has 2 aromatic rings. The first-order chi connectivity index (χ1) is 20.3. The maximum absolute atomic E-state index is 12.6. The molecule has 0 saturated carbocycles. The van der Waals surface area contributed by atoms with Crippen LogP contribution in [0.4, 0.5) is 5.82 Å². The number of anilines is 1. The van der Waals surface area contributed by atoms with Gasteiger partial charge in [0, 0.05) is 6.08 Å². The number of rotatable bonds is 17. The van der Waals surface area contributed by atoms with Crippen LogP contribution in [0.3, 0.4) is 0 Å². The Morgan fingerprint density at radius 2 is 1.83 bits per heavy atom. The number of hydrogen-bond acceptors (Lipinski definition) is 11. The van der Waals surface area contributed by atoms with Crippen LogP contribution in [-0.4, -0.2) is 102 Å². The monoisotopic (exact) mass is 589 g/mol. The number of imidazole rings is 1. The first kappa shape index (κ1) is 33.1. The van der Waals surface area contributed by atoms with E-state index in [2.05, 4.69) is 42.8 Å². The topological polar surface area (TPSA) is 215 Å². The van der Waals surface area contributed by atoms with Crippen molar-refractivity contribution in [1.29, 1.82) is 0 Å². The fourth-order valence-corrected chi connectivity index (χ4v) is 4.65. The molecule has 0 unspecified atom stereocenters. The average molecular weight is 590 g/mol. The van der Waals surface area contributed by atoms with E-state index in [4.69, 9.17) is 4.74 Å². The lowest BCUT2D eigenvalue weighted by Crippen LogP contribution is -2.68. The molecule has 3 heterocycles. The molecule has 0 aliphatic carbocycles. The van der Waals surface area contributed by atoms with Crippen LogP contribution < -0.4 is 16.0 Å². The Labute approximate surface area is 244 Å². The Balaban J connectivity index is 1.46. The summed E-state index contributed by atoms with van der Waals surface area (Å²) in [5.41, 5.74) is 0.776. The lowest BCUT2D eigenvalue weighted by atomic mass is 9.92. The lowest BCUT2D eigenvalue weighted by Gasteiger charge is -2.44. The summed E-state index contributed by atoms with van der Waals surface area (Å²) in [7, 11) is 0. The Morgan fingerprint density at radius 1 is 1.07 bits per heavy atom. The van der Waals surface area contributed by atoms with E-state index in [1.165, 1.54) is 57.3 Å². The molecule has 2 amide bonds. The van der Waals surface area contributed by atoms with Gasteiger partial charge in [-0.05, 0) is 12.8 Å². The molecular formula is C28H43N7O7. The molecule has 3 rings (SSSR count). The van der Waals surface area contributed by atoms with E-state index in [-0.39, 0.29) is 5.82 Å². The minimum Gasteiger partial charge on any atom is -0.394 e. The molecular weight excluding hydrogens is 546 g/mol. The largest absolute Gasteiger partial charge is 0.394 e. The quantitative estimate of drug-likeness (QED) is 0.0719. The number of carbonyl (C=O) groups excluding carboxylic acids is 2. The van der Waals surface area contributed by atoms with Crippen molar-refractivity contribution in [3.05, 3.63) is 37.0 Å². The predicted molar refractivity (Wildman–Crippen MR) is 155 cm³/mol. The molecule has 0 radical (unpaired) electrons. The second-order valence-electron chi connectivity index (χ2n) is 10.2. The van der Waals surface area contributed by atoms with Crippen molar-refractivity contribution < 1.29 is 34.8 Å². The van der Waals surface area contributed by atoms with Gasteiger partial charge in [0.15, 0.2) is 17.7 Å². The summed E-state index contributed by atoms with van der Waals surface area (Å²) in [5, 5.41) is 49.2. The van der Waals surface area contributed by atoms with Crippen molar-refractivity contribution in [2.75, 3.05) is 18.5 Å². The second kappa shape index (κ2) is 17.5. The summed E-state index contributed by atoms with van der Waals surface area (Å²) < 4.78 is 5.76. The van der Waals surface area contributed by atoms with Crippen LogP contribution in [0.25, 0.3) is 11.2 Å². The van der Waals surface area contributed by atoms with Crippen molar-refractivity contribution in [2.24, 2.45) is 0 Å². The zero-order chi connectivity index (χ0) is 30.3. The number of aromatic nitrogens is 4. The molecule has 232 valence electrons. The van der Waals surface area contributed by atoms with Gasteiger partial charge in [0.2, 0.25) is 11.8 Å². The number of H-pyrrole nitrogens is 1. The maximum atomic E-state index is 12.6. The van der Waals surface area contributed by atoms with Gasteiger partial charge in [0.1, 0.15) is 36.3 Å². The summed E-state index contributed by atoms with van der Waals surface area (Å²) in [6, 6.07) is -1.30. The first-order valence-corrected chi connectivity index (χ1v) is 14.5. The average Bonchev–Trinajstić information content (AvgIpc) is 3.48. The lowest BCUT2D eigenvalue weighted by molar-refractivity contribution is -0.204. The van der Waals surface area contributed by atoms with Crippen molar-refractivity contribution in [1.82, 2.24) is 30.6 Å². The van der Waals surface area contributed by atoms with Gasteiger partial charge in [-0.15, -0.1) is 0 Å². The van der Waals surface area contributed by atoms with Crippen molar-refractivity contribution in [3.63, 3.8) is 0 Å². The molecule has 1 aliphatic heterocycles. The van der Waals surface area contributed by atoms with Crippen molar-refractivity contribution in [2.45, 2.75) is 95.0 Å². The highest BCUT2D eigenvalue weighted by atomic mass is 16.5. The number of unbranched alkanes of at least 4 members (excludes halogenated alkanes) is 7. The molecule has 1 saturated heterocycles. The normalized spacial score (nSPS) is 23.4. The van der Waals surface area contributed by atoms with Gasteiger partial charge in [-0.2, -0.15) is 0 Å². The summed E-state index contributed by atoms with van der Waals surface area (Å²) in [4.78, 5) is 39.7. The van der Waals surface area contributed by atoms with E-state index in [9.17, 15) is 30.0 Å². The molecule has 8 N–H and O–H groups in total. The number of aliphatic hydroxyl groups is 4. The Morgan fingerprint density at radius 3 is 2.60 bits per heavy atom. The smallest absolute Gasteiger partial charge is 0.244 e. The van der Waals surface area contributed by atoms with E-state index in [0.717, 1.165) is 12.8 Å². The fourth-order valence-electron chi connectivity index (χ4n) is 4.65. The number of nitrogens with one attached hydrogen (secondary N) is 4. The number of aliphatic hydroxyl groups excluding tert-OH is 4. The Hall–Kier alpha value is -3.43. The Bertz CT molecular complexity index is 1170. The zero-order valence-electron chi connectivity index (χ0n) is 23.9. The Kier molecular flexibility index (Phi) is 13.8. The van der Waals surface area contributed by atoms with E-state index in [1.807, 2.05) is 6.08 Å². The summed E-state index contributed by atoms with van der Waals surface area (Å²) in [6.45, 7) is 1.04. The third-order valence-corrected chi connectivity index (χ3v) is 6.97. The number of fused-ring (bicyclic) bond motifs is 1. The number of carbonyl (C=O) groups is 2. The molecule has 2 aromatic heterocycles. The SMILES string of the molecule is CCCCCCCCC/C=C/C=C/C(=O)NCC(=O)N[C@@H]1[C@@H](O)[C@@H](O)[C@@H](Nc2ncnc3[nH]cnc23)O[C@H]1[C@H](O)CO. The van der Waals surface area contributed by atoms with Crippen molar-refractivity contribution >= 4 is 28.8 Å². The molecule has 1 fully saturated rings. The molecule has 14 nitrogen and oxygen atoms in total. The molecule has 0 spiro atoms. The summed E-state index contributed by atoms with van der Waals surface area (Å²) >= 11 is 0. The van der Waals surface area contributed by atoms with Crippen LogP contribution in [0, 0.1) is 0 Å². The molecule has 0 bridgehead atoms. The number of amides is 2. The number of nitrogens with zero attached hydrogens (tertiary/aromatic N) is 3. The minimum atomic E-state index is -1.61. The van der Waals surface area contributed by atoms with Crippen LogP contribution >= 0.6 is 0 Å². The molecule has 1 aliphatic rings. The van der Waals surface area contributed by atoms with Gasteiger partial charge < -0.3 is 46.1 Å². The van der Waals surface area contributed by atoms with E-state index in [1.54, 1.807) is 12.2 Å². The molecule has 0 aromatic carbocycles. The standard InChI is InChI=1S/C28H43N7O7/c1-2-3-4-5-6-7-8-9-10-11-12-13-19(38)29-14-20(39)34-21-23(40)24(41)28(42-25(21)18(37)15-36)35-27-22-26(31-16-30-22)32-17-33-27/h10-13,16-18,21,23-25,28,36-37,40-41H,2-9,14-15H2,1H3,(H,29,38)(H,34,39)(H2,30,31,32,33,35)/b11-10+,13-12+/t18-,21-,23-,24-,25+,28+/m1/s1. The van der Waals surface area contributed by atoms with Crippen LogP contribution in [-0.2, 0) is 14.3 Å². The summed E-state index contributed by atoms with van der Waals surface area (Å²) in [5.74, 6) is -0.987. The van der Waals surface area contributed by atoms with Gasteiger partial charge in [-0.3, -0.25) is 9.59 Å². The third kappa shape index (κ3) is 9.84. The maximum Gasteiger partial charge on any atom is 0.244 e. The van der Waals surface area contributed by atoms with Crippen LogP contribution in [0.5, 0.6) is 0 Å². The van der Waals surface area contributed by atoms with Crippen LogP contribution in [0.1, 0.15) is 58.3 Å². The molecule has 14 heteroatoms. The third-order valence-electron chi connectivity index (χ3n) is 6.97. The molecule has 6 atom stereocenters. The van der Waals surface area contributed by atoms with Gasteiger partial charge in [-0.25, -0.2) is 15.0 Å². The molecule has 42 heavy (non-hydrogen) atoms. The number of allylic oxidation sites excluding steroid dienone is 3. The highest BCUT2D eigenvalue weighted by Crippen LogP contribution is 2.26. The second-order valence-corrected chi connectivity index (χ2v) is 10.2. The van der Waals surface area contributed by atoms with E-state index < -0.39 is 61.7 Å². The van der Waals surface area contributed by atoms with Crippen molar-refractivity contribution in [3.8, 4) is 0 Å². The van der Waals surface area contributed by atoms with Crippen LogP contribution in [0.15, 0.2) is 37.0 Å². The minimum absolute atomic E-state index is 0.195. The van der Waals surface area contributed by atoms with E-state index >= 15 is 0 Å². The fraction of sp³-hybridized carbons (Fsp3) is 0.607. The number of ether oxygens (including phenoxy) is 1. The highest BCUT2D eigenvalue weighted by molar-refractivity contribution is 5.91. The highest BCUT2D eigenvalue weighted by Gasteiger charge is 2.48. The zero-order valence-corrected chi connectivity index (χ0v) is 23.9. The number of aromatic amines is 1. The van der Waals surface area contributed by atoms with Crippen LogP contribution in [0.2, 0.25) is 0 Å². The van der Waals surface area contributed by atoms with Gasteiger partial charge in [-0.1, -0.05) is 63.7 Å².